The summed E-state index contributed by atoms with van der Waals surface area (Å²) in [4.78, 5) is 168. The van der Waals surface area contributed by atoms with Gasteiger partial charge in [-0.15, -0.1) is 0 Å². The first-order valence-corrected chi connectivity index (χ1v) is 31.4. The minimum absolute atomic E-state index is 0.0199. The number of carboxylic acids is 7. The lowest BCUT2D eigenvalue weighted by molar-refractivity contribution is -0.142. The number of benzene rings is 2. The molecular weight excluding hydrogens is 1220 g/mol. The Morgan fingerprint density at radius 1 is 0.344 bits per heavy atom. The van der Waals surface area contributed by atoms with Gasteiger partial charge in [-0.1, -0.05) is 73.5 Å². The highest BCUT2D eigenvalue weighted by atomic mass is 16.4. The van der Waals surface area contributed by atoms with E-state index in [0.29, 0.717) is 56.1 Å². The van der Waals surface area contributed by atoms with Crippen molar-refractivity contribution in [2.45, 2.75) is 146 Å². The van der Waals surface area contributed by atoms with Crippen molar-refractivity contribution in [1.82, 2.24) is 56.8 Å². The molecule has 1 heterocycles. The summed E-state index contributed by atoms with van der Waals surface area (Å²) in [5, 5.41) is 85.1. The van der Waals surface area contributed by atoms with Crippen molar-refractivity contribution in [2.24, 2.45) is 0 Å². The van der Waals surface area contributed by atoms with Gasteiger partial charge in [0.1, 0.15) is 24.2 Å². The normalized spacial score (nSPS) is 14.9. The Morgan fingerprint density at radius 3 is 1.06 bits per heavy atom. The van der Waals surface area contributed by atoms with E-state index in [0.717, 1.165) is 0 Å². The minimum atomic E-state index is -1.38. The lowest BCUT2D eigenvalue weighted by Crippen LogP contribution is -2.57. The van der Waals surface area contributed by atoms with Gasteiger partial charge >= 0.3 is 47.8 Å². The van der Waals surface area contributed by atoms with Crippen LogP contribution in [0.4, 0.5) is 4.79 Å². The Bertz CT molecular complexity index is 2680. The van der Waals surface area contributed by atoms with Crippen LogP contribution in [0.2, 0.25) is 0 Å². The molecule has 3 rings (SSSR count). The molecule has 516 valence electrons. The molecule has 2 aromatic carbocycles. The molecule has 7 amide bonds. The molecule has 14 N–H and O–H groups in total. The molecule has 0 bridgehead atoms. The van der Waals surface area contributed by atoms with Gasteiger partial charge in [-0.2, -0.15) is 0 Å². The molecule has 4 atom stereocenters. The predicted octanol–water partition coefficient (Wildman–Crippen LogP) is 0.250. The number of amides is 7. The van der Waals surface area contributed by atoms with Crippen LogP contribution in [0, 0.1) is 0 Å². The third-order valence-corrected chi connectivity index (χ3v) is 15.2. The number of urea groups is 1. The summed E-state index contributed by atoms with van der Waals surface area (Å²) < 4.78 is 0. The highest BCUT2D eigenvalue weighted by molar-refractivity contribution is 5.94. The Kier molecular flexibility index (Phi) is 37.7. The number of hydrogen-bond donors (Lipinski definition) is 14. The van der Waals surface area contributed by atoms with Gasteiger partial charge in [-0.05, 0) is 75.3 Å². The fourth-order valence-corrected chi connectivity index (χ4v) is 10.2. The SMILES string of the molecule is O=C(O)CCC(CCC(=O)O)NC(=O)N[C@@H](CCCCNC(=O)CCCCCCC(=O)NCCCC[C@H](NC(=O)[C@H](Cc1ccccc1)NC(=O)[C@H](Cc1ccccc1)NC(=O)CN1CCN(CC(=O)O)CCN(CC(=O)O)CCN(CC(=O)O)CC1)C(=O)O)C(=O)O. The highest BCUT2D eigenvalue weighted by Gasteiger charge is 2.31. The number of aliphatic carboxylic acids is 7. The van der Waals surface area contributed by atoms with Gasteiger partial charge in [0.2, 0.25) is 29.5 Å². The number of hydrogen-bond acceptors (Lipinski definition) is 17. The molecule has 2 aromatic rings. The summed E-state index contributed by atoms with van der Waals surface area (Å²) in [5.74, 6) is -10.8. The van der Waals surface area contributed by atoms with Crippen molar-refractivity contribution < 1.29 is 98.1 Å². The third kappa shape index (κ3) is 36.7. The fraction of sp³-hybridized carbons (Fsp3) is 0.597. The molecule has 0 radical (unpaired) electrons. The summed E-state index contributed by atoms with van der Waals surface area (Å²) >= 11 is 0. The van der Waals surface area contributed by atoms with E-state index in [-0.39, 0.29) is 174 Å². The van der Waals surface area contributed by atoms with E-state index in [1.807, 2.05) is 0 Å². The standard InChI is InChI=1S/C62H93N11O20/c74-50(21-9-1-2-10-22-51(75)64-28-14-12-20-47(61(91)92)69-62(93)65-45(23-25-53(77)78)24-26-54(79)80)63-27-13-11-19-46(60(89)90)67-59(88)49(38-44-17-7-4-8-18-44)68-58(87)48(37-43-15-5-3-6-16-43)66-52(76)39-70-29-31-71(40-55(81)82)33-35-73(42-57(85)86)36-34-72(32-30-70)41-56(83)84/h3-8,15-18,45-49H,1-2,9-14,19-42H2,(H,63,74)(H,64,75)(H,66,76)(H,67,88)(H,68,87)(H,77,78)(H,79,80)(H,81,82)(H,83,84)(H,85,86)(H,89,90)(H,91,92)(H2,65,69,93)/t46-,47-,48-,49-/m0/s1. The Labute approximate surface area is 539 Å². The second-order valence-electron chi connectivity index (χ2n) is 22.9. The van der Waals surface area contributed by atoms with Crippen LogP contribution in [0.5, 0.6) is 0 Å². The number of carbonyl (C=O) groups excluding carboxylic acids is 6. The number of unbranched alkanes of at least 4 members (excludes halogenated alkanes) is 5. The monoisotopic (exact) mass is 1310 g/mol. The molecule has 0 spiro atoms. The molecule has 1 fully saturated rings. The highest BCUT2D eigenvalue weighted by Crippen LogP contribution is 2.13. The number of carbonyl (C=O) groups is 13. The van der Waals surface area contributed by atoms with Crippen LogP contribution in [0.1, 0.15) is 114 Å². The van der Waals surface area contributed by atoms with Gasteiger partial charge in [0, 0.05) is 110 Å². The molecule has 31 nitrogen and oxygen atoms in total. The molecule has 1 saturated heterocycles. The van der Waals surface area contributed by atoms with Crippen molar-refractivity contribution in [1.29, 1.82) is 0 Å². The van der Waals surface area contributed by atoms with Crippen LogP contribution in [-0.2, 0) is 70.4 Å². The molecule has 31 heteroatoms. The molecule has 0 saturated carbocycles. The Balaban J connectivity index is 1.50. The second-order valence-corrected chi connectivity index (χ2v) is 22.9. The number of nitrogens with one attached hydrogen (secondary N) is 7. The quantitative estimate of drug-likeness (QED) is 0.0395. The van der Waals surface area contributed by atoms with Crippen LogP contribution in [0.25, 0.3) is 0 Å². The van der Waals surface area contributed by atoms with Crippen LogP contribution >= 0.6 is 0 Å². The smallest absolute Gasteiger partial charge is 0.326 e. The molecular formula is C62H93N11O20. The maximum Gasteiger partial charge on any atom is 0.326 e. The molecule has 1 aliphatic heterocycles. The third-order valence-electron chi connectivity index (χ3n) is 15.2. The van der Waals surface area contributed by atoms with Crippen LogP contribution in [-0.4, -0.2) is 255 Å². The van der Waals surface area contributed by atoms with Crippen LogP contribution in [0.3, 0.4) is 0 Å². The molecule has 0 unspecified atom stereocenters. The predicted molar refractivity (Wildman–Crippen MR) is 334 cm³/mol. The molecule has 1 aliphatic rings. The second kappa shape index (κ2) is 44.6. The van der Waals surface area contributed by atoms with Crippen molar-refractivity contribution >= 4 is 77.4 Å². The largest absolute Gasteiger partial charge is 0.481 e. The zero-order valence-corrected chi connectivity index (χ0v) is 52.5. The van der Waals surface area contributed by atoms with Gasteiger partial charge in [-0.25, -0.2) is 14.4 Å². The van der Waals surface area contributed by atoms with Gasteiger partial charge in [0.25, 0.3) is 0 Å². The molecule has 0 aliphatic carbocycles. The van der Waals surface area contributed by atoms with Crippen molar-refractivity contribution in [3.63, 3.8) is 0 Å². The number of carboxylic acid groups (broad SMARTS) is 7. The van der Waals surface area contributed by atoms with E-state index in [1.165, 1.54) is 0 Å². The van der Waals surface area contributed by atoms with E-state index in [4.69, 9.17) is 10.2 Å². The summed E-state index contributed by atoms with van der Waals surface area (Å²) in [6.07, 6.45) is 3.52. The fourth-order valence-electron chi connectivity index (χ4n) is 10.2. The maximum absolute atomic E-state index is 14.4. The summed E-state index contributed by atoms with van der Waals surface area (Å²) in [6, 6.07) is 10.5. The van der Waals surface area contributed by atoms with Crippen LogP contribution < -0.4 is 37.2 Å². The average Bonchev–Trinajstić information content (AvgIpc) is 2.57. The van der Waals surface area contributed by atoms with Crippen molar-refractivity contribution in [2.75, 3.05) is 91.6 Å². The van der Waals surface area contributed by atoms with Crippen LogP contribution in [0.15, 0.2) is 60.7 Å². The Morgan fingerprint density at radius 2 is 0.699 bits per heavy atom. The van der Waals surface area contributed by atoms with Gasteiger partial charge in [0.15, 0.2) is 0 Å². The topological polar surface area (TPSA) is 461 Å². The van der Waals surface area contributed by atoms with E-state index in [1.54, 1.807) is 80.3 Å². The van der Waals surface area contributed by atoms with E-state index in [9.17, 15) is 87.9 Å². The minimum Gasteiger partial charge on any atom is -0.481 e. The zero-order chi connectivity index (χ0) is 68.5. The summed E-state index contributed by atoms with van der Waals surface area (Å²) in [6.45, 7) is 0.348. The average molecular weight is 1310 g/mol. The van der Waals surface area contributed by atoms with E-state index < -0.39 is 95.7 Å². The molecule has 0 aromatic heterocycles. The first kappa shape index (κ1) is 78.4. The van der Waals surface area contributed by atoms with Gasteiger partial charge < -0.3 is 73.0 Å². The first-order chi connectivity index (χ1) is 44.3. The number of nitrogens with zero attached hydrogens (tertiary/aromatic N) is 4. The van der Waals surface area contributed by atoms with Crippen molar-refractivity contribution in [3.05, 3.63) is 71.8 Å². The summed E-state index contributed by atoms with van der Waals surface area (Å²) in [5.41, 5.74) is 1.29. The van der Waals surface area contributed by atoms with Gasteiger partial charge in [-0.3, -0.25) is 67.5 Å². The maximum atomic E-state index is 14.4. The number of rotatable bonds is 44. The Hall–Kier alpha value is -8.81. The molecule has 93 heavy (non-hydrogen) atoms. The van der Waals surface area contributed by atoms with E-state index >= 15 is 0 Å². The first-order valence-electron chi connectivity index (χ1n) is 31.4. The summed E-state index contributed by atoms with van der Waals surface area (Å²) in [7, 11) is 0. The van der Waals surface area contributed by atoms with E-state index in [2.05, 4.69) is 37.2 Å². The van der Waals surface area contributed by atoms with Crippen molar-refractivity contribution in [3.8, 4) is 0 Å². The lowest BCUT2D eigenvalue weighted by atomic mass is 10.0. The zero-order valence-electron chi connectivity index (χ0n) is 52.5. The lowest BCUT2D eigenvalue weighted by Gasteiger charge is -2.33. The van der Waals surface area contributed by atoms with Gasteiger partial charge in [0.05, 0.1) is 26.2 Å².